The van der Waals surface area contributed by atoms with Gasteiger partial charge in [0.1, 0.15) is 13.2 Å². The van der Waals surface area contributed by atoms with Crippen LogP contribution in [0.5, 0.6) is 0 Å². The lowest BCUT2D eigenvalue weighted by atomic mass is 10.0. The van der Waals surface area contributed by atoms with Crippen LogP contribution in [-0.2, 0) is 28.6 Å². The molecule has 0 N–H and O–H groups in total. The summed E-state index contributed by atoms with van der Waals surface area (Å²) in [6.45, 7) is 6.48. The molecule has 0 heterocycles. The van der Waals surface area contributed by atoms with Crippen LogP contribution in [0.3, 0.4) is 0 Å². The van der Waals surface area contributed by atoms with Crippen molar-refractivity contribution >= 4 is 17.9 Å². The summed E-state index contributed by atoms with van der Waals surface area (Å²) in [5.41, 5.74) is 0. The van der Waals surface area contributed by atoms with Gasteiger partial charge in [0.15, 0.2) is 6.10 Å². The minimum Gasteiger partial charge on any atom is -0.462 e. The monoisotopic (exact) mass is 1120 g/mol. The van der Waals surface area contributed by atoms with E-state index in [1.54, 1.807) is 0 Å². The molecular weight excluding hydrogens is 997 g/mol. The summed E-state index contributed by atoms with van der Waals surface area (Å²) in [5, 5.41) is 0. The molecule has 0 rings (SSSR count). The molecule has 0 aliphatic rings. The van der Waals surface area contributed by atoms with Crippen LogP contribution in [-0.4, -0.2) is 37.2 Å². The van der Waals surface area contributed by atoms with E-state index in [-0.39, 0.29) is 31.6 Å². The molecule has 0 bridgehead atoms. The first-order chi connectivity index (χ1) is 40.0. The molecule has 1 atom stereocenters. The van der Waals surface area contributed by atoms with Gasteiger partial charge in [-0.2, -0.15) is 0 Å². The second-order valence-corrected chi connectivity index (χ2v) is 22.7. The highest BCUT2D eigenvalue weighted by Gasteiger charge is 2.19. The van der Waals surface area contributed by atoms with E-state index >= 15 is 0 Å². The summed E-state index contributed by atoms with van der Waals surface area (Å²) in [5.74, 6) is -0.987. The van der Waals surface area contributed by atoms with E-state index < -0.39 is 12.1 Å². The molecule has 464 valence electrons. The van der Waals surface area contributed by atoms with Crippen LogP contribution >= 0.6 is 0 Å². The smallest absolute Gasteiger partial charge is 0.306 e. The molecule has 0 radical (unpaired) electrons. The first kappa shape index (κ1) is 77.1. The number of hydrogen-bond acceptors (Lipinski definition) is 6. The van der Waals surface area contributed by atoms with E-state index in [2.05, 4.69) is 124 Å². The molecule has 0 spiro atoms. The molecule has 0 aliphatic heterocycles. The van der Waals surface area contributed by atoms with Crippen LogP contribution in [0, 0.1) is 0 Å². The summed E-state index contributed by atoms with van der Waals surface area (Å²) >= 11 is 0. The summed E-state index contributed by atoms with van der Waals surface area (Å²) in [7, 11) is 0. The fraction of sp³-hybridized carbons (Fsp3) is 0.720. The third kappa shape index (κ3) is 66.8. The molecule has 0 aromatic rings. The molecule has 0 amide bonds. The molecule has 6 nitrogen and oxygen atoms in total. The largest absolute Gasteiger partial charge is 0.462 e. The van der Waals surface area contributed by atoms with Gasteiger partial charge in [-0.25, -0.2) is 0 Å². The van der Waals surface area contributed by atoms with E-state index in [0.717, 1.165) is 83.5 Å². The average Bonchev–Trinajstić information content (AvgIpc) is 3.47. The van der Waals surface area contributed by atoms with Crippen molar-refractivity contribution in [1.29, 1.82) is 0 Å². The highest BCUT2D eigenvalue weighted by molar-refractivity contribution is 5.71. The lowest BCUT2D eigenvalue weighted by Gasteiger charge is -2.18. The number of unbranched alkanes of at least 4 members (excludes halogenated alkanes) is 33. The van der Waals surface area contributed by atoms with Gasteiger partial charge in [-0.3, -0.25) is 14.4 Å². The maximum Gasteiger partial charge on any atom is 0.306 e. The Bertz CT molecular complexity index is 1620. The van der Waals surface area contributed by atoms with Crippen LogP contribution in [0.1, 0.15) is 329 Å². The Labute approximate surface area is 501 Å². The van der Waals surface area contributed by atoms with Crippen molar-refractivity contribution in [2.75, 3.05) is 13.2 Å². The van der Waals surface area contributed by atoms with Gasteiger partial charge in [0, 0.05) is 19.3 Å². The second-order valence-electron chi connectivity index (χ2n) is 22.7. The van der Waals surface area contributed by atoms with Crippen LogP contribution in [0.2, 0.25) is 0 Å². The minimum absolute atomic E-state index is 0.109. The van der Waals surface area contributed by atoms with Gasteiger partial charge >= 0.3 is 17.9 Å². The lowest BCUT2D eigenvalue weighted by molar-refractivity contribution is -0.166. The van der Waals surface area contributed by atoms with Crippen molar-refractivity contribution in [3.63, 3.8) is 0 Å². The number of esters is 3. The van der Waals surface area contributed by atoms with E-state index in [9.17, 15) is 14.4 Å². The van der Waals surface area contributed by atoms with Crippen molar-refractivity contribution in [2.24, 2.45) is 0 Å². The summed E-state index contributed by atoms with van der Waals surface area (Å²) < 4.78 is 16.9. The molecule has 0 saturated heterocycles. The Morgan fingerprint density at radius 3 is 0.815 bits per heavy atom. The normalized spacial score (nSPS) is 12.8. The molecule has 1 unspecified atom stereocenters. The molecule has 0 aromatic heterocycles. The van der Waals surface area contributed by atoms with Gasteiger partial charge in [-0.15, -0.1) is 0 Å². The molecule has 0 saturated carbocycles. The van der Waals surface area contributed by atoms with Crippen molar-refractivity contribution in [3.8, 4) is 0 Å². The van der Waals surface area contributed by atoms with Gasteiger partial charge in [0.25, 0.3) is 0 Å². The number of ether oxygens (including phenoxy) is 3. The predicted octanol–water partition coefficient (Wildman–Crippen LogP) is 23.8. The van der Waals surface area contributed by atoms with Crippen molar-refractivity contribution < 1.29 is 28.6 Å². The van der Waals surface area contributed by atoms with E-state index in [1.165, 1.54) is 199 Å². The summed E-state index contributed by atoms with van der Waals surface area (Å²) in [6, 6.07) is 0. The maximum atomic E-state index is 12.9. The Balaban J connectivity index is 4.40. The average molecular weight is 1130 g/mol. The van der Waals surface area contributed by atoms with E-state index in [4.69, 9.17) is 14.2 Å². The third-order valence-corrected chi connectivity index (χ3v) is 14.7. The SMILES string of the molecule is CC/C=C\C/C=C\C/C=C\C/C=C\C/C=C\C/C=C\CCC(=O)OC(COC(=O)CCCCCCCCC/C=C\CCCCCCCC)COC(=O)CCCCCCCCCCCCCCCCC/C=C\C/C=C\CCCCCCC. The Kier molecular flexibility index (Phi) is 65.2. The molecule has 0 aliphatic carbocycles. The van der Waals surface area contributed by atoms with Gasteiger partial charge < -0.3 is 14.2 Å². The third-order valence-electron chi connectivity index (χ3n) is 14.7. The molecule has 0 fully saturated rings. The van der Waals surface area contributed by atoms with Crippen molar-refractivity contribution in [3.05, 3.63) is 109 Å². The standard InChI is InChI=1S/C75H128O6/c1-4-7-10-13-16-19-22-25-28-31-33-34-35-36-37-38-39-40-42-44-47-50-53-56-59-62-65-68-74(77)80-71-72(70-79-73(76)67-64-61-58-55-52-49-46-43-30-27-24-21-18-15-12-9-6-3)81-75(78)69-66-63-60-57-54-51-48-45-41-32-29-26-23-20-17-14-11-8-5-2/h8,11,17,20,22,25-27,29-31,33,41,45,51,54,60,63,72H,4-7,9-10,12-16,18-19,21,23-24,28,32,34-40,42-44,46-50,52-53,55-59,61-62,64-71H2,1-3H3/b11-8-,20-17-,25-22-,29-26-,30-27-,33-31-,45-41-,54-51-,63-60-. The number of allylic oxidation sites excluding steroid dienone is 18. The number of rotatable bonds is 62. The van der Waals surface area contributed by atoms with Gasteiger partial charge in [0.05, 0.1) is 0 Å². The highest BCUT2D eigenvalue weighted by atomic mass is 16.6. The first-order valence-corrected chi connectivity index (χ1v) is 34.4. The summed E-state index contributed by atoms with van der Waals surface area (Å²) in [6.07, 6.45) is 94.1. The number of carbonyl (C=O) groups is 3. The minimum atomic E-state index is -0.823. The Hall–Kier alpha value is -3.93. The zero-order chi connectivity index (χ0) is 58.5. The molecule has 81 heavy (non-hydrogen) atoms. The second kappa shape index (κ2) is 68.6. The van der Waals surface area contributed by atoms with Crippen molar-refractivity contribution in [1.82, 2.24) is 0 Å². The first-order valence-electron chi connectivity index (χ1n) is 34.4. The van der Waals surface area contributed by atoms with Gasteiger partial charge in [-0.05, 0) is 116 Å². The fourth-order valence-corrected chi connectivity index (χ4v) is 9.61. The quantitative estimate of drug-likeness (QED) is 0.0261. The lowest BCUT2D eigenvalue weighted by Crippen LogP contribution is -2.30. The Morgan fingerprint density at radius 1 is 0.259 bits per heavy atom. The zero-order valence-corrected chi connectivity index (χ0v) is 53.3. The van der Waals surface area contributed by atoms with Crippen LogP contribution in [0.25, 0.3) is 0 Å². The van der Waals surface area contributed by atoms with Gasteiger partial charge in [-0.1, -0.05) is 304 Å². The number of carbonyl (C=O) groups excluding carboxylic acids is 3. The summed E-state index contributed by atoms with van der Waals surface area (Å²) in [4.78, 5) is 38.4. The van der Waals surface area contributed by atoms with Crippen molar-refractivity contribution in [2.45, 2.75) is 335 Å². The molecule has 6 heteroatoms. The predicted molar refractivity (Wildman–Crippen MR) is 353 cm³/mol. The molecule has 0 aromatic carbocycles. The molecular formula is C75H128O6. The topological polar surface area (TPSA) is 78.9 Å². The van der Waals surface area contributed by atoms with E-state index in [0.29, 0.717) is 19.3 Å². The number of hydrogen-bond donors (Lipinski definition) is 0. The highest BCUT2D eigenvalue weighted by Crippen LogP contribution is 2.16. The van der Waals surface area contributed by atoms with E-state index in [1.807, 2.05) is 6.08 Å². The van der Waals surface area contributed by atoms with Crippen LogP contribution < -0.4 is 0 Å². The van der Waals surface area contributed by atoms with Crippen LogP contribution in [0.4, 0.5) is 0 Å². The zero-order valence-electron chi connectivity index (χ0n) is 53.3. The fourth-order valence-electron chi connectivity index (χ4n) is 9.61. The van der Waals surface area contributed by atoms with Crippen LogP contribution in [0.15, 0.2) is 109 Å². The van der Waals surface area contributed by atoms with Gasteiger partial charge in [0.2, 0.25) is 0 Å². The Morgan fingerprint density at radius 2 is 0.506 bits per heavy atom. The maximum absolute atomic E-state index is 12.9.